The number of carbonyl (C=O) groups is 2. The second kappa shape index (κ2) is 10.5. The highest BCUT2D eigenvalue weighted by molar-refractivity contribution is 5.97. The Hall–Kier alpha value is -4.41. The van der Waals surface area contributed by atoms with Gasteiger partial charge in [0.1, 0.15) is 23.0 Å². The van der Waals surface area contributed by atoms with Crippen LogP contribution in [0.1, 0.15) is 43.2 Å². The van der Waals surface area contributed by atoms with Crippen molar-refractivity contribution < 1.29 is 18.4 Å². The van der Waals surface area contributed by atoms with Gasteiger partial charge < -0.3 is 22.1 Å². The first kappa shape index (κ1) is 24.2. The Balaban J connectivity index is 1.78. The maximum atomic E-state index is 13.4. The van der Waals surface area contributed by atoms with Crippen molar-refractivity contribution in [1.82, 2.24) is 20.6 Å². The number of nitrogens with zero attached hydrogens (tertiary/aromatic N) is 3. The standard InChI is InChI=1S/C23H23F2N7O2/c1-12-7-14(3-5-16(12)24)10-28-20(33)18-9-19(31-23(30-18)32-22(26)27)21(34)29-11-15-4-6-17(25)13(2)8-15/h3-9H,10-11H2,1-2H3,(H,28,33)(H,29,34)(H4,26,27,30,31,32). The number of nitrogens with two attached hydrogens (primary N) is 2. The zero-order chi connectivity index (χ0) is 24.8. The molecule has 11 heteroatoms. The van der Waals surface area contributed by atoms with Gasteiger partial charge in [-0.15, -0.1) is 0 Å². The lowest BCUT2D eigenvalue weighted by Crippen LogP contribution is -2.28. The minimum atomic E-state index is -0.611. The van der Waals surface area contributed by atoms with E-state index in [2.05, 4.69) is 25.6 Å². The summed E-state index contributed by atoms with van der Waals surface area (Å²) in [6.07, 6.45) is 0. The molecule has 0 aliphatic rings. The molecule has 1 heterocycles. The Kier molecular flexibility index (Phi) is 7.46. The zero-order valence-electron chi connectivity index (χ0n) is 18.5. The number of aryl methyl sites for hydroxylation is 2. The van der Waals surface area contributed by atoms with Gasteiger partial charge in [0.15, 0.2) is 5.96 Å². The van der Waals surface area contributed by atoms with E-state index >= 15 is 0 Å². The molecular formula is C23H23F2N7O2. The zero-order valence-corrected chi connectivity index (χ0v) is 18.5. The minimum absolute atomic E-state index is 0.104. The van der Waals surface area contributed by atoms with Crippen molar-refractivity contribution in [3.63, 3.8) is 0 Å². The van der Waals surface area contributed by atoms with Crippen LogP contribution in [0.15, 0.2) is 47.5 Å². The fourth-order valence-corrected chi connectivity index (χ4v) is 3.01. The highest BCUT2D eigenvalue weighted by atomic mass is 19.1. The van der Waals surface area contributed by atoms with Crippen LogP contribution in [0.25, 0.3) is 0 Å². The van der Waals surface area contributed by atoms with Crippen LogP contribution >= 0.6 is 0 Å². The Labute approximate surface area is 194 Å². The van der Waals surface area contributed by atoms with Crippen molar-refractivity contribution in [2.45, 2.75) is 26.9 Å². The van der Waals surface area contributed by atoms with Crippen LogP contribution in [0.2, 0.25) is 0 Å². The second-order valence-corrected chi connectivity index (χ2v) is 7.51. The normalized spacial score (nSPS) is 10.5. The molecule has 0 fully saturated rings. The lowest BCUT2D eigenvalue weighted by Gasteiger charge is -2.09. The van der Waals surface area contributed by atoms with E-state index in [0.29, 0.717) is 22.3 Å². The fraction of sp³-hybridized carbons (Fsp3) is 0.174. The molecule has 0 saturated heterocycles. The summed E-state index contributed by atoms with van der Waals surface area (Å²) in [5.41, 5.74) is 12.7. The highest BCUT2D eigenvalue weighted by Gasteiger charge is 2.16. The molecule has 2 amide bonds. The number of guanidine groups is 1. The van der Waals surface area contributed by atoms with E-state index in [1.807, 2.05) is 0 Å². The fourth-order valence-electron chi connectivity index (χ4n) is 3.01. The molecular weight excluding hydrogens is 444 g/mol. The van der Waals surface area contributed by atoms with E-state index in [9.17, 15) is 18.4 Å². The predicted octanol–water partition coefficient (Wildman–Crippen LogP) is 2.14. The van der Waals surface area contributed by atoms with Gasteiger partial charge in [-0.3, -0.25) is 9.59 Å². The third kappa shape index (κ3) is 6.31. The SMILES string of the molecule is Cc1cc(CNC(=O)c2cc(C(=O)NCc3ccc(F)c(C)c3)nc(N=C(N)N)n2)ccc1F. The minimum Gasteiger partial charge on any atom is -0.370 e. The Morgan fingerprint density at radius 3 is 1.65 bits per heavy atom. The number of aromatic nitrogens is 2. The van der Waals surface area contributed by atoms with Gasteiger partial charge in [0.2, 0.25) is 0 Å². The van der Waals surface area contributed by atoms with Gasteiger partial charge in [0.05, 0.1) is 0 Å². The lowest BCUT2D eigenvalue weighted by molar-refractivity contribution is 0.0944. The van der Waals surface area contributed by atoms with Gasteiger partial charge in [0, 0.05) is 19.2 Å². The smallest absolute Gasteiger partial charge is 0.270 e. The Morgan fingerprint density at radius 1 is 0.824 bits per heavy atom. The number of carbonyl (C=O) groups excluding carboxylic acids is 2. The quantitative estimate of drug-likeness (QED) is 0.309. The van der Waals surface area contributed by atoms with Crippen molar-refractivity contribution in [2.75, 3.05) is 0 Å². The number of amides is 2. The van der Waals surface area contributed by atoms with Crippen LogP contribution < -0.4 is 22.1 Å². The summed E-state index contributed by atoms with van der Waals surface area (Å²) in [6, 6.07) is 10.1. The summed E-state index contributed by atoms with van der Waals surface area (Å²) in [4.78, 5) is 37.1. The summed E-state index contributed by atoms with van der Waals surface area (Å²) in [7, 11) is 0. The molecule has 9 nitrogen and oxygen atoms in total. The van der Waals surface area contributed by atoms with Gasteiger partial charge in [-0.2, -0.15) is 4.99 Å². The number of nitrogens with one attached hydrogen (secondary N) is 2. The Morgan fingerprint density at radius 2 is 1.26 bits per heavy atom. The van der Waals surface area contributed by atoms with Crippen molar-refractivity contribution >= 4 is 23.7 Å². The van der Waals surface area contributed by atoms with Gasteiger partial charge in [0.25, 0.3) is 17.8 Å². The van der Waals surface area contributed by atoms with Crippen LogP contribution in [0, 0.1) is 25.5 Å². The molecule has 34 heavy (non-hydrogen) atoms. The largest absolute Gasteiger partial charge is 0.370 e. The van der Waals surface area contributed by atoms with Crippen LogP contribution in [0.5, 0.6) is 0 Å². The van der Waals surface area contributed by atoms with Crippen molar-refractivity contribution in [3.05, 3.63) is 87.7 Å². The second-order valence-electron chi connectivity index (χ2n) is 7.51. The number of hydrogen-bond donors (Lipinski definition) is 4. The van der Waals surface area contributed by atoms with Gasteiger partial charge >= 0.3 is 0 Å². The number of benzene rings is 2. The lowest BCUT2D eigenvalue weighted by atomic mass is 10.1. The molecule has 0 saturated carbocycles. The van der Waals surface area contributed by atoms with Gasteiger partial charge in [-0.05, 0) is 48.2 Å². The van der Waals surface area contributed by atoms with Crippen molar-refractivity contribution in [1.29, 1.82) is 0 Å². The number of aliphatic imine (C=N–C) groups is 1. The molecule has 3 rings (SSSR count). The number of halogens is 2. The molecule has 0 radical (unpaired) electrons. The highest BCUT2D eigenvalue weighted by Crippen LogP contribution is 2.12. The van der Waals surface area contributed by atoms with Crippen LogP contribution in [-0.2, 0) is 13.1 Å². The monoisotopic (exact) mass is 467 g/mol. The van der Waals surface area contributed by atoms with E-state index in [4.69, 9.17) is 11.5 Å². The molecule has 3 aromatic rings. The molecule has 176 valence electrons. The van der Waals surface area contributed by atoms with Crippen LogP contribution in [0.3, 0.4) is 0 Å². The molecule has 1 aromatic heterocycles. The topological polar surface area (TPSA) is 148 Å². The van der Waals surface area contributed by atoms with Gasteiger partial charge in [-0.1, -0.05) is 24.3 Å². The third-order valence-corrected chi connectivity index (χ3v) is 4.76. The summed E-state index contributed by atoms with van der Waals surface area (Å²) in [5, 5.41) is 5.30. The van der Waals surface area contributed by atoms with E-state index in [1.165, 1.54) is 18.2 Å². The van der Waals surface area contributed by atoms with E-state index in [-0.39, 0.29) is 48.0 Å². The van der Waals surface area contributed by atoms with Crippen molar-refractivity contribution in [2.24, 2.45) is 16.5 Å². The first-order valence-electron chi connectivity index (χ1n) is 10.2. The first-order valence-corrected chi connectivity index (χ1v) is 10.2. The molecule has 2 aromatic carbocycles. The maximum absolute atomic E-state index is 13.4. The molecule has 0 spiro atoms. The first-order chi connectivity index (χ1) is 16.1. The predicted molar refractivity (Wildman–Crippen MR) is 122 cm³/mol. The number of hydrogen-bond acceptors (Lipinski definition) is 5. The average Bonchev–Trinajstić information content (AvgIpc) is 2.79. The molecule has 0 aliphatic carbocycles. The summed E-state index contributed by atoms with van der Waals surface area (Å²) in [6.45, 7) is 3.44. The average molecular weight is 467 g/mol. The van der Waals surface area contributed by atoms with E-state index in [1.54, 1.807) is 38.1 Å². The maximum Gasteiger partial charge on any atom is 0.270 e. The summed E-state index contributed by atoms with van der Waals surface area (Å²) in [5.74, 6) is -2.54. The van der Waals surface area contributed by atoms with Crippen LogP contribution in [0.4, 0.5) is 14.7 Å². The van der Waals surface area contributed by atoms with Crippen LogP contribution in [-0.4, -0.2) is 27.7 Å². The number of rotatable bonds is 7. The molecule has 0 unspecified atom stereocenters. The molecule has 0 atom stereocenters. The van der Waals surface area contributed by atoms with E-state index < -0.39 is 11.8 Å². The van der Waals surface area contributed by atoms with E-state index in [0.717, 1.165) is 0 Å². The molecule has 0 aliphatic heterocycles. The summed E-state index contributed by atoms with van der Waals surface area (Å²) >= 11 is 0. The third-order valence-electron chi connectivity index (χ3n) is 4.76. The van der Waals surface area contributed by atoms with Gasteiger partial charge in [-0.25, -0.2) is 18.7 Å². The molecule has 0 bridgehead atoms. The Bertz CT molecular complexity index is 1190. The summed E-state index contributed by atoms with van der Waals surface area (Å²) < 4.78 is 26.9. The van der Waals surface area contributed by atoms with Crippen molar-refractivity contribution in [3.8, 4) is 0 Å². The molecule has 6 N–H and O–H groups in total.